The smallest absolute Gasteiger partial charge is 0.345 e. The number of nitrogens with one attached hydrogen (secondary N) is 1. The lowest BCUT2D eigenvalue weighted by Gasteiger charge is -2.01. The van der Waals surface area contributed by atoms with Gasteiger partial charge >= 0.3 is 5.97 Å². The van der Waals surface area contributed by atoms with Crippen molar-refractivity contribution in [3.63, 3.8) is 0 Å². The Morgan fingerprint density at radius 3 is 2.85 bits per heavy atom. The van der Waals surface area contributed by atoms with Crippen molar-refractivity contribution in [1.29, 1.82) is 0 Å². The molecule has 0 fully saturated rings. The summed E-state index contributed by atoms with van der Waals surface area (Å²) in [6.45, 7) is 1.81. The van der Waals surface area contributed by atoms with Gasteiger partial charge in [-0.05, 0) is 6.07 Å². The van der Waals surface area contributed by atoms with Crippen molar-refractivity contribution >= 4 is 27.3 Å². The van der Waals surface area contributed by atoms with E-state index in [2.05, 4.69) is 9.71 Å². The second kappa shape index (κ2) is 5.73. The van der Waals surface area contributed by atoms with Gasteiger partial charge in [-0.2, -0.15) is 0 Å². The van der Waals surface area contributed by atoms with Gasteiger partial charge in [0.1, 0.15) is 10.6 Å². The highest BCUT2D eigenvalue weighted by molar-refractivity contribution is 7.89. The highest BCUT2D eigenvalue weighted by atomic mass is 32.2. The number of aryl methyl sites for hydroxylation is 1. The number of rotatable bonds is 6. The molecule has 0 aliphatic carbocycles. The Hall–Kier alpha value is -1.71. The minimum absolute atomic E-state index is 0.0326. The number of hydrogen-bond acceptors (Lipinski definition) is 6. The van der Waals surface area contributed by atoms with Gasteiger partial charge in [0.25, 0.3) is 0 Å². The van der Waals surface area contributed by atoms with Crippen LogP contribution in [0.5, 0.6) is 0 Å². The first-order chi connectivity index (χ1) is 9.42. The van der Waals surface area contributed by atoms with Gasteiger partial charge in [-0.15, -0.1) is 11.3 Å². The maximum absolute atomic E-state index is 12.0. The summed E-state index contributed by atoms with van der Waals surface area (Å²) in [7, 11) is -3.77. The number of sulfonamides is 1. The van der Waals surface area contributed by atoms with Crippen LogP contribution in [0.15, 0.2) is 27.0 Å². The van der Waals surface area contributed by atoms with Gasteiger partial charge in [0, 0.05) is 11.8 Å². The standard InChI is InChI=1S/C11H12N2O5S2/c1-2-7-4-12-10(18-7)5-13-20(16,17)8-3-9(11(14)15)19-6-8/h3-4,6,13H,2,5H2,1H3,(H,14,15). The summed E-state index contributed by atoms with van der Waals surface area (Å²) in [5, 5.41) is 10.0. The highest BCUT2D eigenvalue weighted by Crippen LogP contribution is 2.19. The first kappa shape index (κ1) is 14.7. The van der Waals surface area contributed by atoms with E-state index in [0.29, 0.717) is 12.2 Å². The average molecular weight is 316 g/mol. The van der Waals surface area contributed by atoms with Gasteiger partial charge in [0.2, 0.25) is 15.9 Å². The van der Waals surface area contributed by atoms with E-state index in [1.807, 2.05) is 6.92 Å². The van der Waals surface area contributed by atoms with E-state index in [1.54, 1.807) is 0 Å². The molecule has 2 rings (SSSR count). The van der Waals surface area contributed by atoms with Crippen molar-refractivity contribution in [2.75, 3.05) is 0 Å². The predicted molar refractivity (Wildman–Crippen MR) is 71.2 cm³/mol. The number of nitrogens with zero attached hydrogens (tertiary/aromatic N) is 1. The molecular formula is C11H12N2O5S2. The molecule has 0 amide bonds. The molecule has 0 aliphatic heterocycles. The number of oxazole rings is 1. The molecule has 7 nitrogen and oxygen atoms in total. The van der Waals surface area contributed by atoms with Crippen LogP contribution in [-0.2, 0) is 23.0 Å². The summed E-state index contributed by atoms with van der Waals surface area (Å²) in [5.41, 5.74) is 0. The lowest BCUT2D eigenvalue weighted by atomic mass is 10.4. The van der Waals surface area contributed by atoms with Gasteiger partial charge in [0.15, 0.2) is 0 Å². The largest absolute Gasteiger partial charge is 0.477 e. The van der Waals surface area contributed by atoms with Crippen LogP contribution in [0.1, 0.15) is 28.2 Å². The monoisotopic (exact) mass is 316 g/mol. The number of carboxylic acids is 1. The molecule has 0 radical (unpaired) electrons. The number of aromatic carboxylic acids is 1. The first-order valence-electron chi connectivity index (χ1n) is 5.67. The molecule has 0 saturated heterocycles. The van der Waals surface area contributed by atoms with E-state index in [0.717, 1.165) is 17.4 Å². The molecule has 0 saturated carbocycles. The number of aromatic nitrogens is 1. The van der Waals surface area contributed by atoms with Gasteiger partial charge in [-0.25, -0.2) is 22.9 Å². The molecule has 0 bridgehead atoms. The van der Waals surface area contributed by atoms with Crippen LogP contribution in [0.25, 0.3) is 0 Å². The lowest BCUT2D eigenvalue weighted by Crippen LogP contribution is -2.23. The molecule has 2 heterocycles. The summed E-state index contributed by atoms with van der Waals surface area (Å²) in [4.78, 5) is 14.5. The van der Waals surface area contributed by atoms with Crippen LogP contribution in [0.2, 0.25) is 0 Å². The summed E-state index contributed by atoms with van der Waals surface area (Å²) in [6.07, 6.45) is 2.21. The van der Waals surface area contributed by atoms with Gasteiger partial charge in [-0.1, -0.05) is 6.92 Å². The zero-order chi connectivity index (χ0) is 14.8. The van der Waals surface area contributed by atoms with Crippen LogP contribution < -0.4 is 4.72 Å². The SMILES string of the molecule is CCc1cnc(CNS(=O)(=O)c2csc(C(=O)O)c2)o1. The molecule has 2 aromatic rings. The third-order valence-corrected chi connectivity index (χ3v) is 4.91. The minimum Gasteiger partial charge on any atom is -0.477 e. The Labute approximate surface area is 119 Å². The highest BCUT2D eigenvalue weighted by Gasteiger charge is 2.19. The van der Waals surface area contributed by atoms with Crippen LogP contribution in [0.4, 0.5) is 0 Å². The van der Waals surface area contributed by atoms with Crippen molar-refractivity contribution in [2.45, 2.75) is 24.8 Å². The lowest BCUT2D eigenvalue weighted by molar-refractivity contribution is 0.0702. The fourth-order valence-corrected chi connectivity index (χ4v) is 3.49. The van der Waals surface area contributed by atoms with E-state index >= 15 is 0 Å². The van der Waals surface area contributed by atoms with E-state index in [-0.39, 0.29) is 22.2 Å². The van der Waals surface area contributed by atoms with Crippen molar-refractivity contribution in [2.24, 2.45) is 0 Å². The van der Waals surface area contributed by atoms with Crippen molar-refractivity contribution in [1.82, 2.24) is 9.71 Å². The Morgan fingerprint density at radius 1 is 1.55 bits per heavy atom. The average Bonchev–Trinajstić information content (AvgIpc) is 3.05. The maximum Gasteiger partial charge on any atom is 0.345 e. The third kappa shape index (κ3) is 3.24. The van der Waals surface area contributed by atoms with Gasteiger partial charge in [0.05, 0.1) is 17.6 Å². The molecule has 20 heavy (non-hydrogen) atoms. The van der Waals surface area contributed by atoms with Crippen molar-refractivity contribution in [3.05, 3.63) is 34.2 Å². The van der Waals surface area contributed by atoms with Crippen molar-refractivity contribution in [3.8, 4) is 0 Å². The molecule has 0 aromatic carbocycles. The molecule has 0 spiro atoms. The fourth-order valence-electron chi connectivity index (χ4n) is 1.41. The number of carboxylic acid groups (broad SMARTS) is 1. The second-order valence-electron chi connectivity index (χ2n) is 3.85. The zero-order valence-corrected chi connectivity index (χ0v) is 12.1. The van der Waals surface area contributed by atoms with Crippen LogP contribution >= 0.6 is 11.3 Å². The molecule has 0 unspecified atom stereocenters. The topological polar surface area (TPSA) is 110 Å². The molecule has 9 heteroatoms. The zero-order valence-electron chi connectivity index (χ0n) is 10.5. The van der Waals surface area contributed by atoms with E-state index in [4.69, 9.17) is 9.52 Å². The molecule has 2 aromatic heterocycles. The summed E-state index contributed by atoms with van der Waals surface area (Å²) >= 11 is 0.856. The fraction of sp³-hybridized carbons (Fsp3) is 0.273. The maximum atomic E-state index is 12.0. The second-order valence-corrected chi connectivity index (χ2v) is 6.53. The Kier molecular flexibility index (Phi) is 4.21. The first-order valence-corrected chi connectivity index (χ1v) is 8.03. The number of hydrogen-bond donors (Lipinski definition) is 2. The molecule has 0 aliphatic rings. The quantitative estimate of drug-likeness (QED) is 0.835. The van der Waals surface area contributed by atoms with Crippen molar-refractivity contribution < 1.29 is 22.7 Å². The Bertz CT molecular complexity index is 717. The normalized spacial score (nSPS) is 11.7. The molecule has 108 valence electrons. The van der Waals surface area contributed by atoms with E-state index < -0.39 is 16.0 Å². The third-order valence-electron chi connectivity index (χ3n) is 2.46. The molecule has 2 N–H and O–H groups in total. The Morgan fingerprint density at radius 2 is 2.30 bits per heavy atom. The summed E-state index contributed by atoms with van der Waals surface area (Å²) in [6, 6.07) is 1.11. The summed E-state index contributed by atoms with van der Waals surface area (Å²) < 4.78 is 31.5. The molecular weight excluding hydrogens is 304 g/mol. The minimum atomic E-state index is -3.77. The van der Waals surface area contributed by atoms with Gasteiger partial charge in [-0.3, -0.25) is 0 Å². The van der Waals surface area contributed by atoms with Gasteiger partial charge < -0.3 is 9.52 Å². The summed E-state index contributed by atoms with van der Waals surface area (Å²) in [5.74, 6) is -0.223. The number of carbonyl (C=O) groups is 1. The predicted octanol–water partition coefficient (Wildman–Crippen LogP) is 1.48. The Balaban J connectivity index is 2.08. The molecule has 0 atom stereocenters. The van der Waals surface area contributed by atoms with E-state index in [1.165, 1.54) is 11.6 Å². The number of thiophene rings is 1. The van der Waals surface area contributed by atoms with Crippen LogP contribution in [0.3, 0.4) is 0 Å². The van der Waals surface area contributed by atoms with Crippen LogP contribution in [-0.4, -0.2) is 24.5 Å². The van der Waals surface area contributed by atoms with E-state index in [9.17, 15) is 13.2 Å². The van der Waals surface area contributed by atoms with Crippen LogP contribution in [0, 0.1) is 0 Å².